The van der Waals surface area contributed by atoms with Crippen molar-refractivity contribution in [2.75, 3.05) is 0 Å². The van der Waals surface area contributed by atoms with Gasteiger partial charge in [-0.25, -0.2) is 0 Å². The van der Waals surface area contributed by atoms with Gasteiger partial charge in [0.05, 0.1) is 12.5 Å². The van der Waals surface area contributed by atoms with Crippen LogP contribution in [0.4, 0.5) is 0 Å². The van der Waals surface area contributed by atoms with E-state index in [9.17, 15) is 21.6 Å². The Morgan fingerprint density at radius 3 is 1.56 bits per heavy atom. The molecule has 0 fully saturated rings. The van der Waals surface area contributed by atoms with Gasteiger partial charge >= 0.3 is 69.3 Å². The third-order valence-electron chi connectivity index (χ3n) is 1.31. The molecule has 2 atom stereocenters. The van der Waals surface area contributed by atoms with E-state index in [4.69, 9.17) is 39.8 Å². The van der Waals surface area contributed by atoms with Gasteiger partial charge in [0.25, 0.3) is 0 Å². The van der Waals surface area contributed by atoms with E-state index in [1.807, 2.05) is 0 Å². The average Bonchev–Trinajstić information content (AvgIpc) is 2.36. The van der Waals surface area contributed by atoms with Crippen LogP contribution in [-0.2, 0) is 64.8 Å². The van der Waals surface area contributed by atoms with E-state index in [0.717, 1.165) is 0 Å². The molecule has 21 heteroatoms. The van der Waals surface area contributed by atoms with E-state index in [-0.39, 0.29) is 79.7 Å². The minimum absolute atomic E-state index is 0. The normalized spacial score (nSPS) is 11.9. The molecule has 160 valence electrons. The van der Waals surface area contributed by atoms with Crippen LogP contribution in [0.25, 0.3) is 0 Å². The van der Waals surface area contributed by atoms with Gasteiger partial charge in [-0.2, -0.15) is 16.8 Å². The molecule has 2 unspecified atom stereocenters. The number of aliphatic carboxylic acids is 1. The van der Waals surface area contributed by atoms with E-state index in [2.05, 4.69) is 12.5 Å². The summed E-state index contributed by atoms with van der Waals surface area (Å²) in [4.78, 5) is 28.2. The molecule has 0 saturated heterocycles. The second kappa shape index (κ2) is 20.7. The number of rotatable bonds is 9. The Morgan fingerprint density at radius 2 is 1.41 bits per heavy atom. The minimum atomic E-state index is -4.54. The number of carbonyl (C=O) groups is 3. The number of hydrogen-bond acceptors (Lipinski definition) is 14. The molecule has 16 nitrogen and oxygen atoms in total. The minimum Gasteiger partial charge on any atom is -1.00 e. The van der Waals surface area contributed by atoms with Crippen LogP contribution in [0.15, 0.2) is 0 Å². The van der Waals surface area contributed by atoms with Crippen LogP contribution in [0.5, 0.6) is 0 Å². The molecule has 0 amide bonds. The largest absolute Gasteiger partial charge is 1.00 e. The van der Waals surface area contributed by atoms with E-state index >= 15 is 0 Å². The van der Waals surface area contributed by atoms with Crippen LogP contribution in [0.2, 0.25) is 0 Å². The maximum atomic E-state index is 10.1. The van der Waals surface area contributed by atoms with Gasteiger partial charge in [-0.15, -0.1) is 0 Å². The zero-order valence-electron chi connectivity index (χ0n) is 14.1. The van der Waals surface area contributed by atoms with E-state index in [0.29, 0.717) is 0 Å². The third kappa shape index (κ3) is 41.4. The van der Waals surface area contributed by atoms with Crippen molar-refractivity contribution >= 4 is 52.0 Å². The summed E-state index contributed by atoms with van der Waals surface area (Å²) >= 11 is 0.0672. The number of carboxylic acids is 1. The average molecular weight is 514 g/mol. The molecule has 0 aromatic heterocycles. The van der Waals surface area contributed by atoms with Crippen molar-refractivity contribution in [1.82, 2.24) is 0 Å². The SMILES string of the molecule is NC(CC(=O)O)C(N)OSO.O=COS(=O)(=O)O.O=COS(=O)(=O)O.[Fe].[H-].[Na+]. The van der Waals surface area contributed by atoms with Gasteiger partial charge in [0.1, 0.15) is 6.23 Å². The summed E-state index contributed by atoms with van der Waals surface area (Å²) in [5.41, 5.74) is 10.4. The Hall–Kier alpha value is -0.0605. The fourth-order valence-corrected chi connectivity index (χ4v) is 0.979. The van der Waals surface area contributed by atoms with Crippen LogP contribution < -0.4 is 41.0 Å². The van der Waals surface area contributed by atoms with Gasteiger partial charge in [0.2, 0.25) is 0 Å². The Kier molecular flexibility index (Phi) is 28.8. The van der Waals surface area contributed by atoms with Crippen molar-refractivity contribution < 1.29 is 111 Å². The molecule has 0 bridgehead atoms. The fourth-order valence-electron chi connectivity index (χ4n) is 0.538. The van der Waals surface area contributed by atoms with Gasteiger partial charge in [0.15, 0.2) is 12.3 Å². The summed E-state index contributed by atoms with van der Waals surface area (Å²) in [6.07, 6.45) is -1.26. The van der Waals surface area contributed by atoms with Crippen LogP contribution in [0.3, 0.4) is 0 Å². The van der Waals surface area contributed by atoms with Gasteiger partial charge in [-0.3, -0.25) is 27.7 Å². The van der Waals surface area contributed by atoms with Crippen LogP contribution in [-0.4, -0.2) is 66.8 Å². The van der Waals surface area contributed by atoms with Crippen LogP contribution in [0, 0.1) is 0 Å². The van der Waals surface area contributed by atoms with Crippen molar-refractivity contribution in [3.05, 3.63) is 0 Å². The predicted octanol–water partition coefficient (Wildman–Crippen LogP) is -5.75. The smallest absolute Gasteiger partial charge is 1.00 e. The molecule has 0 aliphatic heterocycles. The molecule has 0 heterocycles. The quantitative estimate of drug-likeness (QED) is 0.0549. The first-order chi connectivity index (χ1) is 11.2. The maximum Gasteiger partial charge on any atom is 1.00 e. The first-order valence-corrected chi connectivity index (χ1v) is 8.51. The van der Waals surface area contributed by atoms with Crippen molar-refractivity contribution in [3.63, 3.8) is 0 Å². The molecule has 0 rings (SSSR count). The molecular weight excluding hydrogens is 499 g/mol. The first kappa shape index (κ1) is 37.7. The summed E-state index contributed by atoms with van der Waals surface area (Å²) in [5.74, 6) is -1.06. The van der Waals surface area contributed by atoms with E-state index in [1.54, 1.807) is 0 Å². The molecule has 0 saturated carbocycles. The first-order valence-electron chi connectivity index (χ1n) is 5.08. The molecule has 0 aromatic carbocycles. The summed E-state index contributed by atoms with van der Waals surface area (Å²) in [7, 11) is -9.08. The molecule has 0 aliphatic carbocycles. The number of carboxylic acid groups (broad SMARTS) is 1. The monoisotopic (exact) mass is 514 g/mol. The Labute approximate surface area is 191 Å². The number of carbonyl (C=O) groups excluding carboxylic acids is 2. The molecule has 0 spiro atoms. The Bertz CT molecular complexity index is 568. The van der Waals surface area contributed by atoms with Crippen LogP contribution in [0.1, 0.15) is 7.85 Å². The van der Waals surface area contributed by atoms with Gasteiger partial charge in [0, 0.05) is 17.1 Å². The van der Waals surface area contributed by atoms with Gasteiger partial charge in [-0.1, -0.05) is 0 Å². The molecular formula is C6H15FeN2NaO14S3. The summed E-state index contributed by atoms with van der Waals surface area (Å²) in [5, 5.41) is 8.24. The molecule has 0 radical (unpaired) electrons. The number of nitrogens with two attached hydrogens (primary N) is 2. The number of hydrogen-bond donors (Lipinski definition) is 6. The molecule has 27 heavy (non-hydrogen) atoms. The zero-order chi connectivity index (χ0) is 20.7. The van der Waals surface area contributed by atoms with Crippen LogP contribution >= 0.6 is 12.3 Å². The third-order valence-corrected chi connectivity index (χ3v) is 2.26. The maximum absolute atomic E-state index is 10.1. The van der Waals surface area contributed by atoms with E-state index in [1.165, 1.54) is 0 Å². The van der Waals surface area contributed by atoms with Crippen molar-refractivity contribution in [3.8, 4) is 0 Å². The summed E-state index contributed by atoms with van der Waals surface area (Å²) in [6, 6.07) is -0.813. The molecule has 0 aromatic rings. The topological polar surface area (TPSA) is 280 Å². The summed E-state index contributed by atoms with van der Waals surface area (Å²) in [6.45, 7) is -0.759. The van der Waals surface area contributed by atoms with Crippen molar-refractivity contribution in [1.29, 1.82) is 0 Å². The molecule has 8 N–H and O–H groups in total. The van der Waals surface area contributed by atoms with Crippen molar-refractivity contribution in [2.24, 2.45) is 11.5 Å². The Balaban J connectivity index is -0.0000000638. The van der Waals surface area contributed by atoms with Gasteiger partial charge < -0.3 is 30.9 Å². The predicted molar refractivity (Wildman–Crippen MR) is 78.0 cm³/mol. The second-order valence-electron chi connectivity index (χ2n) is 3.14. The Morgan fingerprint density at radius 1 is 1.07 bits per heavy atom. The van der Waals surface area contributed by atoms with Gasteiger partial charge in [-0.05, 0) is 0 Å². The summed E-state index contributed by atoms with van der Waals surface area (Å²) < 4.78 is 71.1. The molecule has 0 aliphatic rings. The second-order valence-corrected chi connectivity index (χ2v) is 5.57. The zero-order valence-corrected chi connectivity index (χ0v) is 18.7. The van der Waals surface area contributed by atoms with E-state index < -0.39 is 39.0 Å². The fraction of sp³-hybridized carbons (Fsp3) is 0.500. The standard InChI is InChI=1S/C4H10N2O4S.2CH2O5S.Fe.Na.H/c5-2(1-3(7)8)4(6)10-11-9;2*2-1-6-7(3,4)5;;;/h2,4,9H,1,5-6H2,(H,7,8);2*1H,(H,3,4,5);;;/q;;;;+1;-1. The van der Waals surface area contributed by atoms with Crippen molar-refractivity contribution in [2.45, 2.75) is 18.7 Å².